The molecule has 1 N–H and O–H groups in total. The largest absolute Gasteiger partial charge is 0.508 e. The highest BCUT2D eigenvalue weighted by atomic mass is 16.3. The molecule has 0 fully saturated rings. The first-order valence-electron chi connectivity index (χ1n) is 3.29. The van der Waals surface area contributed by atoms with E-state index in [2.05, 4.69) is 13.8 Å². The normalized spacial score (nSPS) is 18.1. The molecular formula is C8H12O. The standard InChI is InChI=1S/C8H12O/c1-6(2)7-3-4-8(9)5-7/h4-6,9H,3H2,1-2H3. The third kappa shape index (κ3) is 1.35. The average Bonchev–Trinajstić information content (AvgIpc) is 2.14. The van der Waals surface area contributed by atoms with Crippen LogP contribution in [0.1, 0.15) is 20.3 Å². The first kappa shape index (κ1) is 6.40. The summed E-state index contributed by atoms with van der Waals surface area (Å²) < 4.78 is 0. The zero-order chi connectivity index (χ0) is 6.85. The van der Waals surface area contributed by atoms with Crippen LogP contribution in [0.15, 0.2) is 23.5 Å². The quantitative estimate of drug-likeness (QED) is 0.569. The summed E-state index contributed by atoms with van der Waals surface area (Å²) in [6.07, 6.45) is 4.63. The minimum Gasteiger partial charge on any atom is -0.508 e. The summed E-state index contributed by atoms with van der Waals surface area (Å²) in [5.41, 5.74) is 1.33. The van der Waals surface area contributed by atoms with Gasteiger partial charge in [-0.25, -0.2) is 0 Å². The highest BCUT2D eigenvalue weighted by molar-refractivity contribution is 5.28. The van der Waals surface area contributed by atoms with Gasteiger partial charge in [0.25, 0.3) is 0 Å². The highest BCUT2D eigenvalue weighted by Crippen LogP contribution is 2.21. The third-order valence-corrected chi connectivity index (χ3v) is 1.62. The average molecular weight is 124 g/mol. The Morgan fingerprint density at radius 1 is 1.56 bits per heavy atom. The second kappa shape index (κ2) is 2.26. The van der Waals surface area contributed by atoms with Crippen LogP contribution in [0.5, 0.6) is 0 Å². The summed E-state index contributed by atoms with van der Waals surface area (Å²) in [6.45, 7) is 4.27. The van der Waals surface area contributed by atoms with Crippen molar-refractivity contribution in [1.82, 2.24) is 0 Å². The fraction of sp³-hybridized carbons (Fsp3) is 0.500. The van der Waals surface area contributed by atoms with Crippen molar-refractivity contribution in [1.29, 1.82) is 0 Å². The van der Waals surface area contributed by atoms with E-state index in [4.69, 9.17) is 5.11 Å². The number of allylic oxidation sites excluding steroid dienone is 3. The van der Waals surface area contributed by atoms with E-state index >= 15 is 0 Å². The smallest absolute Gasteiger partial charge is 0.111 e. The van der Waals surface area contributed by atoms with Crippen LogP contribution >= 0.6 is 0 Å². The number of aliphatic hydroxyl groups excluding tert-OH is 1. The second-order valence-corrected chi connectivity index (χ2v) is 2.71. The van der Waals surface area contributed by atoms with E-state index in [-0.39, 0.29) is 0 Å². The van der Waals surface area contributed by atoms with E-state index in [1.807, 2.05) is 12.2 Å². The number of hydrogen-bond acceptors (Lipinski definition) is 1. The second-order valence-electron chi connectivity index (χ2n) is 2.71. The van der Waals surface area contributed by atoms with Crippen molar-refractivity contribution < 1.29 is 5.11 Å². The van der Waals surface area contributed by atoms with Gasteiger partial charge in [0.05, 0.1) is 0 Å². The van der Waals surface area contributed by atoms with E-state index in [0.717, 1.165) is 6.42 Å². The monoisotopic (exact) mass is 124 g/mol. The third-order valence-electron chi connectivity index (χ3n) is 1.62. The first-order chi connectivity index (χ1) is 4.20. The molecule has 0 aromatic rings. The summed E-state index contributed by atoms with van der Waals surface area (Å²) in [5.74, 6) is 1.00. The Bertz CT molecular complexity index is 163. The van der Waals surface area contributed by atoms with Gasteiger partial charge in [-0.2, -0.15) is 0 Å². The predicted molar refractivity (Wildman–Crippen MR) is 38.2 cm³/mol. The summed E-state index contributed by atoms with van der Waals surface area (Å²) in [5, 5.41) is 8.93. The van der Waals surface area contributed by atoms with Gasteiger partial charge in [0.1, 0.15) is 5.76 Å². The molecule has 9 heavy (non-hydrogen) atoms. The topological polar surface area (TPSA) is 20.2 Å². The summed E-state index contributed by atoms with van der Waals surface area (Å²) in [7, 11) is 0. The van der Waals surface area contributed by atoms with Crippen LogP contribution in [-0.4, -0.2) is 5.11 Å². The van der Waals surface area contributed by atoms with Crippen molar-refractivity contribution in [2.75, 3.05) is 0 Å². The SMILES string of the molecule is CC(C)C1=CC(O)=CC1. The Labute approximate surface area is 55.7 Å². The van der Waals surface area contributed by atoms with Gasteiger partial charge in [-0.15, -0.1) is 0 Å². The van der Waals surface area contributed by atoms with Crippen LogP contribution in [0.4, 0.5) is 0 Å². The number of rotatable bonds is 1. The van der Waals surface area contributed by atoms with Gasteiger partial charge >= 0.3 is 0 Å². The molecule has 0 aromatic heterocycles. The van der Waals surface area contributed by atoms with Gasteiger partial charge in [-0.3, -0.25) is 0 Å². The van der Waals surface area contributed by atoms with E-state index in [0.29, 0.717) is 11.7 Å². The maximum atomic E-state index is 8.93. The van der Waals surface area contributed by atoms with Gasteiger partial charge in [-0.1, -0.05) is 19.4 Å². The molecule has 0 aliphatic heterocycles. The molecular weight excluding hydrogens is 112 g/mol. The molecule has 1 rings (SSSR count). The van der Waals surface area contributed by atoms with Crippen LogP contribution in [0.25, 0.3) is 0 Å². The van der Waals surface area contributed by atoms with Crippen molar-refractivity contribution in [2.45, 2.75) is 20.3 Å². The molecule has 1 aliphatic carbocycles. The molecule has 50 valence electrons. The number of hydrogen-bond donors (Lipinski definition) is 1. The minimum absolute atomic E-state index is 0.429. The highest BCUT2D eigenvalue weighted by Gasteiger charge is 2.07. The van der Waals surface area contributed by atoms with Gasteiger partial charge < -0.3 is 5.11 Å². The lowest BCUT2D eigenvalue weighted by Crippen LogP contribution is -1.88. The Morgan fingerprint density at radius 3 is 2.44 bits per heavy atom. The van der Waals surface area contributed by atoms with Crippen LogP contribution in [0, 0.1) is 5.92 Å². The van der Waals surface area contributed by atoms with Crippen LogP contribution in [-0.2, 0) is 0 Å². The Morgan fingerprint density at radius 2 is 2.22 bits per heavy atom. The van der Waals surface area contributed by atoms with Gasteiger partial charge in [0.15, 0.2) is 0 Å². The maximum Gasteiger partial charge on any atom is 0.111 e. The maximum absolute atomic E-state index is 8.93. The molecule has 1 aliphatic rings. The van der Waals surface area contributed by atoms with Crippen LogP contribution < -0.4 is 0 Å². The fourth-order valence-electron chi connectivity index (χ4n) is 0.933. The molecule has 0 saturated heterocycles. The molecule has 0 amide bonds. The van der Waals surface area contributed by atoms with Gasteiger partial charge in [0, 0.05) is 0 Å². The Balaban J connectivity index is 2.60. The van der Waals surface area contributed by atoms with Crippen molar-refractivity contribution in [3.05, 3.63) is 23.5 Å². The molecule has 1 heteroatoms. The summed E-state index contributed by atoms with van der Waals surface area (Å²) in [6, 6.07) is 0. The van der Waals surface area contributed by atoms with E-state index in [9.17, 15) is 0 Å². The lowest BCUT2D eigenvalue weighted by atomic mass is 10.0. The first-order valence-corrected chi connectivity index (χ1v) is 3.29. The zero-order valence-corrected chi connectivity index (χ0v) is 5.89. The Hall–Kier alpha value is -0.720. The van der Waals surface area contributed by atoms with Crippen molar-refractivity contribution in [3.63, 3.8) is 0 Å². The van der Waals surface area contributed by atoms with Gasteiger partial charge in [0.2, 0.25) is 0 Å². The van der Waals surface area contributed by atoms with E-state index in [1.54, 1.807) is 0 Å². The summed E-state index contributed by atoms with van der Waals surface area (Å²) >= 11 is 0. The molecule has 0 heterocycles. The molecule has 0 bridgehead atoms. The molecule has 0 atom stereocenters. The van der Waals surface area contributed by atoms with Crippen LogP contribution in [0.2, 0.25) is 0 Å². The molecule has 0 aromatic carbocycles. The van der Waals surface area contributed by atoms with Crippen LogP contribution in [0.3, 0.4) is 0 Å². The molecule has 1 nitrogen and oxygen atoms in total. The van der Waals surface area contributed by atoms with Gasteiger partial charge in [-0.05, 0) is 24.5 Å². The predicted octanol–water partition coefficient (Wildman–Crippen LogP) is 2.41. The van der Waals surface area contributed by atoms with E-state index < -0.39 is 0 Å². The molecule has 0 unspecified atom stereocenters. The lowest BCUT2D eigenvalue weighted by Gasteiger charge is -2.02. The van der Waals surface area contributed by atoms with Crippen molar-refractivity contribution >= 4 is 0 Å². The summed E-state index contributed by atoms with van der Waals surface area (Å²) in [4.78, 5) is 0. The minimum atomic E-state index is 0.429. The Kier molecular flexibility index (Phi) is 1.60. The lowest BCUT2D eigenvalue weighted by molar-refractivity contribution is 0.433. The van der Waals surface area contributed by atoms with E-state index in [1.165, 1.54) is 5.57 Å². The molecule has 0 saturated carbocycles. The van der Waals surface area contributed by atoms with Crippen molar-refractivity contribution in [3.8, 4) is 0 Å². The molecule has 0 spiro atoms. The zero-order valence-electron chi connectivity index (χ0n) is 5.89. The molecule has 0 radical (unpaired) electrons. The number of aliphatic hydroxyl groups is 1. The fourth-order valence-corrected chi connectivity index (χ4v) is 0.933. The van der Waals surface area contributed by atoms with Crippen molar-refractivity contribution in [2.24, 2.45) is 5.92 Å².